The average molecular weight is 292 g/mol. The molecule has 0 unspecified atom stereocenters. The van der Waals surface area contributed by atoms with E-state index in [1.165, 1.54) is 6.08 Å². The minimum atomic E-state index is -0.260. The molecule has 1 aromatic rings. The Balaban J connectivity index is 2.44. The fourth-order valence-corrected chi connectivity index (χ4v) is 1.70. The minimum absolute atomic E-state index is 0.130. The van der Waals surface area contributed by atoms with Crippen LogP contribution in [0.15, 0.2) is 30.9 Å². The lowest BCUT2D eigenvalue weighted by atomic mass is 10.1. The van der Waals surface area contributed by atoms with Crippen LogP contribution in [0.4, 0.5) is 0 Å². The van der Waals surface area contributed by atoms with Crippen LogP contribution >= 0.6 is 0 Å². The summed E-state index contributed by atoms with van der Waals surface area (Å²) in [5.74, 6) is 0.814. The van der Waals surface area contributed by atoms with Crippen LogP contribution < -0.4 is 20.1 Å². The van der Waals surface area contributed by atoms with Crippen LogP contribution in [0.5, 0.6) is 11.5 Å². The molecular formula is C15H20N2O4. The van der Waals surface area contributed by atoms with E-state index in [0.29, 0.717) is 24.6 Å². The lowest BCUT2D eigenvalue weighted by Crippen LogP contribution is -2.34. The van der Waals surface area contributed by atoms with Gasteiger partial charge in [-0.2, -0.15) is 0 Å². The Hall–Kier alpha value is -2.50. The van der Waals surface area contributed by atoms with Gasteiger partial charge in [-0.05, 0) is 23.8 Å². The van der Waals surface area contributed by atoms with Crippen molar-refractivity contribution in [3.05, 3.63) is 36.4 Å². The van der Waals surface area contributed by atoms with Crippen molar-refractivity contribution in [1.29, 1.82) is 0 Å². The number of carbonyl (C=O) groups excluding carboxylic acids is 2. The van der Waals surface area contributed by atoms with E-state index in [9.17, 15) is 9.59 Å². The van der Waals surface area contributed by atoms with Gasteiger partial charge in [-0.15, -0.1) is 0 Å². The number of ether oxygens (including phenoxy) is 2. The number of hydrogen-bond donors (Lipinski definition) is 2. The first kappa shape index (κ1) is 16.6. The first-order valence-corrected chi connectivity index (χ1v) is 6.48. The van der Waals surface area contributed by atoms with Crippen molar-refractivity contribution in [2.75, 3.05) is 27.3 Å². The largest absolute Gasteiger partial charge is 0.493 e. The molecule has 0 fully saturated rings. The molecule has 0 aliphatic rings. The third-order valence-corrected chi connectivity index (χ3v) is 2.74. The van der Waals surface area contributed by atoms with Crippen LogP contribution in [0, 0.1) is 0 Å². The molecule has 1 rings (SSSR count). The number of rotatable bonds is 8. The Morgan fingerprint density at radius 2 is 1.81 bits per heavy atom. The molecule has 0 atom stereocenters. The van der Waals surface area contributed by atoms with Crippen molar-refractivity contribution in [2.24, 2.45) is 0 Å². The van der Waals surface area contributed by atoms with Gasteiger partial charge in [0.25, 0.3) is 0 Å². The lowest BCUT2D eigenvalue weighted by Gasteiger charge is -2.10. The van der Waals surface area contributed by atoms with Crippen molar-refractivity contribution in [2.45, 2.75) is 6.42 Å². The van der Waals surface area contributed by atoms with Gasteiger partial charge in [0.05, 0.1) is 20.6 Å². The lowest BCUT2D eigenvalue weighted by molar-refractivity contribution is -0.121. The summed E-state index contributed by atoms with van der Waals surface area (Å²) in [5, 5.41) is 5.29. The molecule has 2 amide bonds. The Morgan fingerprint density at radius 3 is 2.43 bits per heavy atom. The van der Waals surface area contributed by atoms with Gasteiger partial charge in [0.1, 0.15) is 0 Å². The summed E-state index contributed by atoms with van der Waals surface area (Å²) in [7, 11) is 3.10. The van der Waals surface area contributed by atoms with E-state index in [4.69, 9.17) is 9.47 Å². The first-order chi connectivity index (χ1) is 10.1. The van der Waals surface area contributed by atoms with Gasteiger partial charge >= 0.3 is 0 Å². The van der Waals surface area contributed by atoms with E-state index in [-0.39, 0.29) is 18.2 Å². The molecule has 1 aromatic carbocycles. The number of methoxy groups -OCH3 is 2. The summed E-state index contributed by atoms with van der Waals surface area (Å²) in [4.78, 5) is 22.7. The maximum absolute atomic E-state index is 11.8. The van der Waals surface area contributed by atoms with Crippen molar-refractivity contribution < 1.29 is 19.1 Å². The normalized spacial score (nSPS) is 9.62. The summed E-state index contributed by atoms with van der Waals surface area (Å²) >= 11 is 0. The second-order valence-electron chi connectivity index (χ2n) is 4.21. The molecule has 21 heavy (non-hydrogen) atoms. The molecule has 6 heteroatoms. The Bertz CT molecular complexity index is 514. The quantitative estimate of drug-likeness (QED) is 0.545. The summed E-state index contributed by atoms with van der Waals surface area (Å²) < 4.78 is 10.3. The van der Waals surface area contributed by atoms with Gasteiger partial charge in [0.2, 0.25) is 11.8 Å². The summed E-state index contributed by atoms with van der Waals surface area (Å²) in [6, 6.07) is 5.32. The number of carbonyl (C=O) groups is 2. The van der Waals surface area contributed by atoms with Crippen LogP contribution in [0.25, 0.3) is 0 Å². The van der Waals surface area contributed by atoms with Crippen LogP contribution in [0.2, 0.25) is 0 Å². The topological polar surface area (TPSA) is 76.7 Å². The van der Waals surface area contributed by atoms with E-state index < -0.39 is 0 Å². The van der Waals surface area contributed by atoms with Gasteiger partial charge in [0, 0.05) is 13.1 Å². The standard InChI is InChI=1S/C15H20N2O4/c1-4-14(18)16-7-8-17-15(19)10-11-5-6-12(20-2)13(9-11)21-3/h4-6,9H,1,7-8,10H2,2-3H3,(H,16,18)(H,17,19). The molecule has 0 aliphatic carbocycles. The van der Waals surface area contributed by atoms with Crippen LogP contribution in [-0.4, -0.2) is 39.1 Å². The smallest absolute Gasteiger partial charge is 0.243 e. The van der Waals surface area contributed by atoms with Gasteiger partial charge in [0.15, 0.2) is 11.5 Å². The van der Waals surface area contributed by atoms with Crippen LogP contribution in [-0.2, 0) is 16.0 Å². The highest BCUT2D eigenvalue weighted by Gasteiger charge is 2.08. The second kappa shape index (κ2) is 8.63. The van der Waals surface area contributed by atoms with E-state index >= 15 is 0 Å². The zero-order valence-corrected chi connectivity index (χ0v) is 12.3. The van der Waals surface area contributed by atoms with Crippen LogP contribution in [0.1, 0.15) is 5.56 Å². The van der Waals surface area contributed by atoms with Crippen molar-refractivity contribution in [3.8, 4) is 11.5 Å². The minimum Gasteiger partial charge on any atom is -0.493 e. The van der Waals surface area contributed by atoms with Crippen molar-refractivity contribution in [3.63, 3.8) is 0 Å². The number of nitrogens with one attached hydrogen (secondary N) is 2. The molecule has 0 bridgehead atoms. The molecule has 0 saturated carbocycles. The zero-order valence-electron chi connectivity index (χ0n) is 12.3. The maximum Gasteiger partial charge on any atom is 0.243 e. The van der Waals surface area contributed by atoms with Gasteiger partial charge < -0.3 is 20.1 Å². The third kappa shape index (κ3) is 5.56. The highest BCUT2D eigenvalue weighted by Crippen LogP contribution is 2.27. The second-order valence-corrected chi connectivity index (χ2v) is 4.21. The fourth-order valence-electron chi connectivity index (χ4n) is 1.70. The number of hydrogen-bond acceptors (Lipinski definition) is 4. The molecule has 0 heterocycles. The Labute approximate surface area is 124 Å². The molecular weight excluding hydrogens is 272 g/mol. The zero-order chi connectivity index (χ0) is 15.7. The third-order valence-electron chi connectivity index (χ3n) is 2.74. The summed E-state index contributed by atoms with van der Waals surface area (Å²) in [5.41, 5.74) is 0.820. The van der Waals surface area contributed by atoms with E-state index in [2.05, 4.69) is 17.2 Å². The fraction of sp³-hybridized carbons (Fsp3) is 0.333. The van der Waals surface area contributed by atoms with Gasteiger partial charge in [-0.25, -0.2) is 0 Å². The van der Waals surface area contributed by atoms with E-state index in [0.717, 1.165) is 5.56 Å². The number of amides is 2. The van der Waals surface area contributed by atoms with E-state index in [1.54, 1.807) is 32.4 Å². The maximum atomic E-state index is 11.8. The van der Waals surface area contributed by atoms with Gasteiger partial charge in [-0.3, -0.25) is 9.59 Å². The molecule has 114 valence electrons. The van der Waals surface area contributed by atoms with Crippen molar-refractivity contribution >= 4 is 11.8 Å². The Morgan fingerprint density at radius 1 is 1.14 bits per heavy atom. The molecule has 6 nitrogen and oxygen atoms in total. The molecule has 0 spiro atoms. The first-order valence-electron chi connectivity index (χ1n) is 6.48. The number of benzene rings is 1. The molecule has 2 N–H and O–H groups in total. The summed E-state index contributed by atoms with van der Waals surface area (Å²) in [6.45, 7) is 4.07. The molecule has 0 saturated heterocycles. The molecule has 0 radical (unpaired) electrons. The van der Waals surface area contributed by atoms with Gasteiger partial charge in [-0.1, -0.05) is 12.6 Å². The SMILES string of the molecule is C=CC(=O)NCCNC(=O)Cc1ccc(OC)c(OC)c1. The predicted molar refractivity (Wildman–Crippen MR) is 79.5 cm³/mol. The average Bonchev–Trinajstić information content (AvgIpc) is 2.51. The van der Waals surface area contributed by atoms with Crippen molar-refractivity contribution in [1.82, 2.24) is 10.6 Å². The highest BCUT2D eigenvalue weighted by molar-refractivity contribution is 5.86. The van der Waals surface area contributed by atoms with E-state index in [1.807, 2.05) is 0 Å². The monoisotopic (exact) mass is 292 g/mol. The summed E-state index contributed by atoms with van der Waals surface area (Å²) in [6.07, 6.45) is 1.42. The Kier molecular flexibility index (Phi) is 6.80. The highest BCUT2D eigenvalue weighted by atomic mass is 16.5. The van der Waals surface area contributed by atoms with Crippen LogP contribution in [0.3, 0.4) is 0 Å². The molecule has 0 aromatic heterocycles. The predicted octanol–water partition coefficient (Wildman–Crippen LogP) is 0.665. The molecule has 0 aliphatic heterocycles.